The first-order valence-corrected chi connectivity index (χ1v) is 9.08. The Kier molecular flexibility index (Phi) is 7.30. The van der Waals surface area contributed by atoms with Crippen LogP contribution < -0.4 is 15.5 Å². The van der Waals surface area contributed by atoms with E-state index in [2.05, 4.69) is 29.4 Å². The van der Waals surface area contributed by atoms with Crippen LogP contribution in [0.1, 0.15) is 20.3 Å². The Balaban J connectivity index is 1.90. The second-order valence-corrected chi connectivity index (χ2v) is 6.46. The van der Waals surface area contributed by atoms with Crippen LogP contribution in [0.4, 0.5) is 17.1 Å². The van der Waals surface area contributed by atoms with Crippen LogP contribution in [0.5, 0.6) is 0 Å². The number of carbonyl (C=O) groups excluding carboxylic acids is 2. The number of halogens is 2. The van der Waals surface area contributed by atoms with E-state index in [1.807, 2.05) is 24.3 Å². The van der Waals surface area contributed by atoms with E-state index in [0.717, 1.165) is 18.8 Å². The monoisotopic (exact) mass is 393 g/mol. The minimum atomic E-state index is -0.452. The number of benzene rings is 2. The highest BCUT2D eigenvalue weighted by Crippen LogP contribution is 2.25. The van der Waals surface area contributed by atoms with Gasteiger partial charge in [0, 0.05) is 29.5 Å². The fourth-order valence-corrected chi connectivity index (χ4v) is 2.94. The molecule has 2 aromatic rings. The summed E-state index contributed by atoms with van der Waals surface area (Å²) in [7, 11) is 0. The molecule has 0 aliphatic rings. The van der Waals surface area contributed by atoms with Crippen LogP contribution >= 0.6 is 23.2 Å². The highest BCUT2D eigenvalue weighted by molar-refractivity contribution is 6.36. The Labute approximate surface area is 163 Å². The van der Waals surface area contributed by atoms with Gasteiger partial charge in [-0.05, 0) is 56.3 Å². The lowest BCUT2D eigenvalue weighted by molar-refractivity contribution is -0.123. The van der Waals surface area contributed by atoms with Gasteiger partial charge in [0.05, 0.1) is 10.7 Å². The summed E-state index contributed by atoms with van der Waals surface area (Å²) in [6.45, 7) is 6.00. The maximum atomic E-state index is 12.0. The third kappa shape index (κ3) is 5.64. The SMILES string of the molecule is CCN(CC)c1ccc(NC(=O)CC(=O)Nc2ccc(Cl)cc2Cl)cc1. The molecule has 7 heteroatoms. The lowest BCUT2D eigenvalue weighted by Gasteiger charge is -2.21. The molecule has 0 saturated carbocycles. The average molecular weight is 394 g/mol. The van der Waals surface area contributed by atoms with Crippen molar-refractivity contribution < 1.29 is 9.59 Å². The first-order chi connectivity index (χ1) is 12.4. The van der Waals surface area contributed by atoms with E-state index < -0.39 is 11.8 Å². The molecule has 2 rings (SSSR count). The van der Waals surface area contributed by atoms with E-state index in [1.165, 1.54) is 6.07 Å². The minimum absolute atomic E-state index is 0.309. The summed E-state index contributed by atoms with van der Waals surface area (Å²) in [5, 5.41) is 6.10. The van der Waals surface area contributed by atoms with Crippen molar-refractivity contribution in [3.05, 3.63) is 52.5 Å². The van der Waals surface area contributed by atoms with Crippen molar-refractivity contribution in [2.75, 3.05) is 28.6 Å². The molecule has 0 atom stereocenters. The van der Waals surface area contributed by atoms with Gasteiger partial charge in [0.25, 0.3) is 0 Å². The Bertz CT molecular complexity index is 775. The maximum absolute atomic E-state index is 12.0. The van der Waals surface area contributed by atoms with Crippen LogP contribution in [0.25, 0.3) is 0 Å². The van der Waals surface area contributed by atoms with Crippen LogP contribution in [0.2, 0.25) is 10.0 Å². The Morgan fingerprint density at radius 3 is 2.12 bits per heavy atom. The minimum Gasteiger partial charge on any atom is -0.372 e. The zero-order valence-electron chi connectivity index (χ0n) is 14.7. The van der Waals surface area contributed by atoms with Crippen molar-refractivity contribution in [3.8, 4) is 0 Å². The molecule has 0 radical (unpaired) electrons. The summed E-state index contributed by atoms with van der Waals surface area (Å²) < 4.78 is 0. The van der Waals surface area contributed by atoms with Crippen molar-refractivity contribution in [1.82, 2.24) is 0 Å². The fraction of sp³-hybridized carbons (Fsp3) is 0.263. The zero-order valence-corrected chi connectivity index (χ0v) is 16.2. The molecule has 0 aromatic heterocycles. The molecule has 0 fully saturated rings. The maximum Gasteiger partial charge on any atom is 0.233 e. The molecule has 0 spiro atoms. The quantitative estimate of drug-likeness (QED) is 0.663. The van der Waals surface area contributed by atoms with Crippen LogP contribution in [-0.4, -0.2) is 24.9 Å². The van der Waals surface area contributed by atoms with E-state index in [1.54, 1.807) is 12.1 Å². The first-order valence-electron chi connectivity index (χ1n) is 8.32. The number of hydrogen-bond donors (Lipinski definition) is 2. The van der Waals surface area contributed by atoms with Gasteiger partial charge in [0.15, 0.2) is 0 Å². The number of rotatable bonds is 7. The molecule has 0 heterocycles. The number of anilines is 3. The molecule has 2 aromatic carbocycles. The average Bonchev–Trinajstić information content (AvgIpc) is 2.60. The van der Waals surface area contributed by atoms with E-state index in [4.69, 9.17) is 23.2 Å². The number of amides is 2. The summed E-state index contributed by atoms with van der Waals surface area (Å²) in [6, 6.07) is 12.2. The smallest absolute Gasteiger partial charge is 0.233 e. The van der Waals surface area contributed by atoms with Gasteiger partial charge in [-0.2, -0.15) is 0 Å². The van der Waals surface area contributed by atoms with Crippen LogP contribution in [0.3, 0.4) is 0 Å². The van der Waals surface area contributed by atoms with E-state index in [9.17, 15) is 9.59 Å². The first kappa shape index (κ1) is 20.1. The van der Waals surface area contributed by atoms with Gasteiger partial charge in [-0.3, -0.25) is 9.59 Å². The normalized spacial score (nSPS) is 10.3. The van der Waals surface area contributed by atoms with E-state index in [0.29, 0.717) is 21.4 Å². The lowest BCUT2D eigenvalue weighted by Crippen LogP contribution is -2.22. The second kappa shape index (κ2) is 9.46. The topological polar surface area (TPSA) is 61.4 Å². The predicted octanol–water partition coefficient (Wildman–Crippen LogP) is 4.81. The lowest BCUT2D eigenvalue weighted by atomic mass is 10.2. The molecule has 2 N–H and O–H groups in total. The molecule has 0 aliphatic heterocycles. The van der Waals surface area contributed by atoms with Crippen molar-refractivity contribution in [1.29, 1.82) is 0 Å². The zero-order chi connectivity index (χ0) is 19.1. The van der Waals surface area contributed by atoms with Gasteiger partial charge in [0.2, 0.25) is 11.8 Å². The summed E-state index contributed by atoms with van der Waals surface area (Å²) in [5.74, 6) is -0.852. The standard InChI is InChI=1S/C19H21Cl2N3O2/c1-3-24(4-2)15-8-6-14(7-9-15)22-18(25)12-19(26)23-17-10-5-13(20)11-16(17)21/h5-11H,3-4,12H2,1-2H3,(H,22,25)(H,23,26). The van der Waals surface area contributed by atoms with Crippen molar-refractivity contribution in [3.63, 3.8) is 0 Å². The Morgan fingerprint density at radius 2 is 1.54 bits per heavy atom. The van der Waals surface area contributed by atoms with Gasteiger partial charge >= 0.3 is 0 Å². The van der Waals surface area contributed by atoms with E-state index >= 15 is 0 Å². The van der Waals surface area contributed by atoms with Crippen LogP contribution in [0.15, 0.2) is 42.5 Å². The molecule has 5 nitrogen and oxygen atoms in total. The molecule has 138 valence electrons. The van der Waals surface area contributed by atoms with Gasteiger partial charge in [-0.1, -0.05) is 23.2 Å². The molecular formula is C19H21Cl2N3O2. The highest BCUT2D eigenvalue weighted by atomic mass is 35.5. The molecule has 0 bridgehead atoms. The Morgan fingerprint density at radius 1 is 0.923 bits per heavy atom. The fourth-order valence-electron chi connectivity index (χ4n) is 2.48. The highest BCUT2D eigenvalue weighted by Gasteiger charge is 2.12. The van der Waals surface area contributed by atoms with E-state index in [-0.39, 0.29) is 6.42 Å². The van der Waals surface area contributed by atoms with Crippen molar-refractivity contribution >= 4 is 52.1 Å². The predicted molar refractivity (Wildman–Crippen MR) is 108 cm³/mol. The van der Waals surface area contributed by atoms with Gasteiger partial charge in [-0.25, -0.2) is 0 Å². The Hall–Kier alpha value is -2.24. The summed E-state index contributed by atoms with van der Waals surface area (Å²) in [6.07, 6.45) is -0.309. The third-order valence-electron chi connectivity index (χ3n) is 3.81. The molecule has 0 saturated heterocycles. The van der Waals surface area contributed by atoms with Gasteiger partial charge in [0.1, 0.15) is 6.42 Å². The molecule has 0 aliphatic carbocycles. The molecule has 0 unspecified atom stereocenters. The number of nitrogens with one attached hydrogen (secondary N) is 2. The largest absolute Gasteiger partial charge is 0.372 e. The number of hydrogen-bond acceptors (Lipinski definition) is 3. The molecule has 26 heavy (non-hydrogen) atoms. The van der Waals surface area contributed by atoms with Crippen molar-refractivity contribution in [2.45, 2.75) is 20.3 Å². The van der Waals surface area contributed by atoms with Crippen LogP contribution in [0, 0.1) is 0 Å². The van der Waals surface area contributed by atoms with Gasteiger partial charge < -0.3 is 15.5 Å². The summed E-state index contributed by atoms with van der Waals surface area (Å²) in [5.41, 5.74) is 2.14. The number of nitrogens with zero attached hydrogens (tertiary/aromatic N) is 1. The number of carbonyl (C=O) groups is 2. The third-order valence-corrected chi connectivity index (χ3v) is 4.35. The molecular weight excluding hydrogens is 373 g/mol. The van der Waals surface area contributed by atoms with Gasteiger partial charge in [-0.15, -0.1) is 0 Å². The van der Waals surface area contributed by atoms with Crippen LogP contribution in [-0.2, 0) is 9.59 Å². The second-order valence-electron chi connectivity index (χ2n) is 5.62. The summed E-state index contributed by atoms with van der Waals surface area (Å²) >= 11 is 11.8. The van der Waals surface area contributed by atoms with Crippen molar-refractivity contribution in [2.24, 2.45) is 0 Å². The molecule has 2 amide bonds. The summed E-state index contributed by atoms with van der Waals surface area (Å²) in [4.78, 5) is 26.3.